The van der Waals surface area contributed by atoms with E-state index in [-0.39, 0.29) is 17.8 Å². The molecule has 2 aromatic carbocycles. The number of aromatic nitrogens is 2. The predicted molar refractivity (Wildman–Crippen MR) is 112 cm³/mol. The van der Waals surface area contributed by atoms with Crippen LogP contribution in [0.15, 0.2) is 61.1 Å². The molecule has 0 bridgehead atoms. The quantitative estimate of drug-likeness (QED) is 0.577. The third-order valence-corrected chi connectivity index (χ3v) is 4.39. The Morgan fingerprint density at radius 2 is 1.87 bits per heavy atom. The molecule has 0 aliphatic rings. The molecule has 1 atom stereocenters. The van der Waals surface area contributed by atoms with Gasteiger partial charge in [0.2, 0.25) is 0 Å². The van der Waals surface area contributed by atoms with E-state index >= 15 is 0 Å². The van der Waals surface area contributed by atoms with Crippen molar-refractivity contribution in [1.82, 2.24) is 9.97 Å². The van der Waals surface area contributed by atoms with E-state index in [1.165, 1.54) is 30.7 Å². The molecule has 0 fully saturated rings. The molecule has 0 aliphatic heterocycles. The first-order valence-electron chi connectivity index (χ1n) is 9.65. The molecule has 1 N–H and O–H groups in total. The lowest BCUT2D eigenvalue weighted by molar-refractivity contribution is 0.0916. The lowest BCUT2D eigenvalue weighted by atomic mass is 10.0. The summed E-state index contributed by atoms with van der Waals surface area (Å²) in [5.74, 6) is 0.391. The van der Waals surface area contributed by atoms with Gasteiger partial charge in [0.05, 0.1) is 12.8 Å². The maximum Gasteiger partial charge on any atom is 0.257 e. The summed E-state index contributed by atoms with van der Waals surface area (Å²) in [4.78, 5) is 20.8. The second-order valence-corrected chi connectivity index (χ2v) is 6.92. The summed E-state index contributed by atoms with van der Waals surface area (Å²) >= 11 is 0. The number of hydrogen-bond donors (Lipinski definition) is 1. The van der Waals surface area contributed by atoms with Crippen molar-refractivity contribution in [3.8, 4) is 5.75 Å². The van der Waals surface area contributed by atoms with Gasteiger partial charge in [0, 0.05) is 25.1 Å². The molecular formula is C23H24FN3O3. The first-order chi connectivity index (χ1) is 14.5. The monoisotopic (exact) mass is 409 g/mol. The highest BCUT2D eigenvalue weighted by Crippen LogP contribution is 2.21. The van der Waals surface area contributed by atoms with Gasteiger partial charge in [0.1, 0.15) is 17.7 Å². The molecule has 3 rings (SSSR count). The van der Waals surface area contributed by atoms with Gasteiger partial charge in [-0.1, -0.05) is 12.1 Å². The van der Waals surface area contributed by atoms with Crippen LogP contribution in [0.4, 0.5) is 10.2 Å². The molecule has 0 saturated heterocycles. The maximum absolute atomic E-state index is 13.1. The van der Waals surface area contributed by atoms with Crippen LogP contribution in [-0.2, 0) is 17.6 Å². The van der Waals surface area contributed by atoms with E-state index in [1.807, 2.05) is 19.1 Å². The topological polar surface area (TPSA) is 73.3 Å². The summed E-state index contributed by atoms with van der Waals surface area (Å²) in [7, 11) is 1.61. The smallest absolute Gasteiger partial charge is 0.257 e. The maximum atomic E-state index is 13.1. The van der Waals surface area contributed by atoms with Gasteiger partial charge in [-0.3, -0.25) is 9.78 Å². The van der Waals surface area contributed by atoms with Crippen LogP contribution in [0.3, 0.4) is 0 Å². The summed E-state index contributed by atoms with van der Waals surface area (Å²) in [5, 5.41) is 2.74. The molecule has 1 amide bonds. The highest BCUT2D eigenvalue weighted by Gasteiger charge is 2.13. The molecule has 3 aromatic rings. The minimum Gasteiger partial charge on any atom is -0.488 e. The molecule has 6 nitrogen and oxygen atoms in total. The number of rotatable bonds is 9. The molecule has 0 saturated carbocycles. The zero-order valence-electron chi connectivity index (χ0n) is 17.0. The Balaban J connectivity index is 1.80. The fourth-order valence-corrected chi connectivity index (χ4v) is 3.00. The molecular weight excluding hydrogens is 385 g/mol. The fourth-order valence-electron chi connectivity index (χ4n) is 3.00. The number of hydrogen-bond acceptors (Lipinski definition) is 5. The zero-order valence-corrected chi connectivity index (χ0v) is 17.0. The third-order valence-electron chi connectivity index (χ3n) is 4.39. The fraction of sp³-hybridized carbons (Fsp3) is 0.261. The lowest BCUT2D eigenvalue weighted by Crippen LogP contribution is -2.19. The van der Waals surface area contributed by atoms with E-state index < -0.39 is 0 Å². The van der Waals surface area contributed by atoms with Crippen molar-refractivity contribution >= 4 is 11.7 Å². The average molecular weight is 409 g/mol. The molecule has 156 valence electrons. The van der Waals surface area contributed by atoms with Crippen LogP contribution in [0, 0.1) is 5.82 Å². The number of nitrogens with zero attached hydrogens (tertiary/aromatic N) is 2. The number of aryl methyl sites for hydroxylation is 2. The van der Waals surface area contributed by atoms with Crippen LogP contribution >= 0.6 is 0 Å². The SMILES string of the molecule is COC[C@H](C)Oc1cc(CCc2ccc(F)cc2)cc(C(=O)Nc2cnccn2)c1. The van der Waals surface area contributed by atoms with Crippen LogP contribution in [-0.4, -0.2) is 35.7 Å². The highest BCUT2D eigenvalue weighted by molar-refractivity contribution is 6.04. The Bertz CT molecular complexity index is 965. The minimum absolute atomic E-state index is 0.168. The highest BCUT2D eigenvalue weighted by atomic mass is 19.1. The van der Waals surface area contributed by atoms with E-state index in [0.29, 0.717) is 36.6 Å². The number of carbonyl (C=O) groups excluding carboxylic acids is 1. The van der Waals surface area contributed by atoms with Gasteiger partial charge in [0.15, 0.2) is 5.82 Å². The van der Waals surface area contributed by atoms with Gasteiger partial charge in [-0.15, -0.1) is 0 Å². The van der Waals surface area contributed by atoms with E-state index in [2.05, 4.69) is 15.3 Å². The summed E-state index contributed by atoms with van der Waals surface area (Å²) in [6.07, 6.45) is 5.74. The van der Waals surface area contributed by atoms with Crippen LogP contribution in [0.25, 0.3) is 0 Å². The number of carbonyl (C=O) groups is 1. The molecule has 1 aromatic heterocycles. The van der Waals surface area contributed by atoms with Crippen molar-refractivity contribution in [2.75, 3.05) is 19.0 Å². The Labute approximate surface area is 175 Å². The third kappa shape index (κ3) is 6.35. The largest absolute Gasteiger partial charge is 0.488 e. The van der Waals surface area contributed by atoms with Crippen molar-refractivity contribution in [3.63, 3.8) is 0 Å². The van der Waals surface area contributed by atoms with Gasteiger partial charge >= 0.3 is 0 Å². The first kappa shape index (κ1) is 21.4. The Kier molecular flexibility index (Phi) is 7.45. The lowest BCUT2D eigenvalue weighted by Gasteiger charge is -2.16. The number of amides is 1. The molecule has 1 heterocycles. The Morgan fingerprint density at radius 3 is 2.57 bits per heavy atom. The van der Waals surface area contributed by atoms with Gasteiger partial charge < -0.3 is 14.8 Å². The van der Waals surface area contributed by atoms with E-state index in [0.717, 1.165) is 11.1 Å². The number of ether oxygens (including phenoxy) is 2. The van der Waals surface area contributed by atoms with E-state index in [1.54, 1.807) is 25.3 Å². The summed E-state index contributed by atoms with van der Waals surface area (Å²) in [6, 6.07) is 11.8. The predicted octanol–water partition coefficient (Wildman–Crippen LogP) is 4.07. The minimum atomic E-state index is -0.302. The zero-order chi connectivity index (χ0) is 21.3. The number of nitrogens with one attached hydrogen (secondary N) is 1. The van der Waals surface area contributed by atoms with Crippen molar-refractivity contribution in [1.29, 1.82) is 0 Å². The van der Waals surface area contributed by atoms with Gasteiger partial charge in [-0.25, -0.2) is 9.37 Å². The molecule has 0 unspecified atom stereocenters. The van der Waals surface area contributed by atoms with Gasteiger partial charge in [-0.05, 0) is 61.2 Å². The number of halogens is 1. The summed E-state index contributed by atoms with van der Waals surface area (Å²) in [5.41, 5.74) is 2.41. The van der Waals surface area contributed by atoms with Crippen molar-refractivity contribution < 1.29 is 18.7 Å². The number of anilines is 1. The Morgan fingerprint density at radius 1 is 1.10 bits per heavy atom. The summed E-state index contributed by atoms with van der Waals surface area (Å²) < 4.78 is 24.2. The van der Waals surface area contributed by atoms with E-state index in [4.69, 9.17) is 9.47 Å². The van der Waals surface area contributed by atoms with Crippen molar-refractivity contribution in [2.45, 2.75) is 25.9 Å². The standard InChI is InChI=1S/C23H24FN3O3/c1-16(15-29-2)30-21-12-18(4-3-17-5-7-20(24)8-6-17)11-19(13-21)23(28)27-22-14-25-9-10-26-22/h5-14,16H,3-4,15H2,1-2H3,(H,26,27,28)/t16-/m0/s1. The van der Waals surface area contributed by atoms with Crippen LogP contribution in [0.2, 0.25) is 0 Å². The molecule has 0 aliphatic carbocycles. The molecule has 0 radical (unpaired) electrons. The molecule has 30 heavy (non-hydrogen) atoms. The normalized spacial score (nSPS) is 11.7. The summed E-state index contributed by atoms with van der Waals surface area (Å²) in [6.45, 7) is 2.33. The van der Waals surface area contributed by atoms with Gasteiger partial charge in [0.25, 0.3) is 5.91 Å². The van der Waals surface area contributed by atoms with E-state index in [9.17, 15) is 9.18 Å². The average Bonchev–Trinajstić information content (AvgIpc) is 2.74. The number of methoxy groups -OCH3 is 1. The molecule has 0 spiro atoms. The van der Waals surface area contributed by atoms with Crippen LogP contribution in [0.1, 0.15) is 28.4 Å². The molecule has 7 heteroatoms. The Hall–Kier alpha value is -3.32. The van der Waals surface area contributed by atoms with Gasteiger partial charge in [-0.2, -0.15) is 0 Å². The second kappa shape index (κ2) is 10.5. The first-order valence-corrected chi connectivity index (χ1v) is 9.65. The van der Waals surface area contributed by atoms with Crippen molar-refractivity contribution in [2.24, 2.45) is 0 Å². The van der Waals surface area contributed by atoms with Crippen molar-refractivity contribution in [3.05, 3.63) is 83.6 Å². The van der Waals surface area contributed by atoms with Crippen LogP contribution in [0.5, 0.6) is 5.75 Å². The number of benzene rings is 2. The second-order valence-electron chi connectivity index (χ2n) is 6.92. The van der Waals surface area contributed by atoms with Crippen LogP contribution < -0.4 is 10.1 Å².